The van der Waals surface area contributed by atoms with Crippen LogP contribution in [-0.4, -0.2) is 56.7 Å². The molecule has 1 aliphatic carbocycles. The molecule has 1 aromatic carbocycles. The van der Waals surface area contributed by atoms with Crippen molar-refractivity contribution in [3.05, 3.63) is 29.8 Å². The maximum Gasteiger partial charge on any atom is 0.422 e. The molecule has 0 unspecified atom stereocenters. The number of amides is 1. The Labute approximate surface area is 175 Å². The molecule has 0 bridgehead atoms. The number of benzene rings is 1. The summed E-state index contributed by atoms with van der Waals surface area (Å²) in [5, 5.41) is 6.39. The van der Waals surface area contributed by atoms with Crippen molar-refractivity contribution in [3.8, 4) is 5.75 Å². The monoisotopic (exact) mass is 428 g/mol. The Balaban J connectivity index is 2.09. The zero-order valence-corrected chi connectivity index (χ0v) is 17.8. The number of nitrogens with one attached hydrogen (secondary N) is 2. The van der Waals surface area contributed by atoms with Crippen LogP contribution in [0.25, 0.3) is 0 Å². The first kappa shape index (κ1) is 23.8. The van der Waals surface area contributed by atoms with Gasteiger partial charge in [0.05, 0.1) is 12.0 Å². The molecule has 1 aliphatic rings. The third-order valence-corrected chi connectivity index (χ3v) is 5.13. The van der Waals surface area contributed by atoms with Gasteiger partial charge in [0.25, 0.3) is 0 Å². The fourth-order valence-corrected chi connectivity index (χ4v) is 3.69. The van der Waals surface area contributed by atoms with Crippen LogP contribution in [0.3, 0.4) is 0 Å². The second kappa shape index (κ2) is 10.5. The molecule has 0 aromatic heterocycles. The number of carbonyl (C=O) groups excluding carboxylic acids is 1. The highest BCUT2D eigenvalue weighted by Crippen LogP contribution is 2.38. The largest absolute Gasteiger partial charge is 0.484 e. The maximum absolute atomic E-state index is 12.7. The smallest absolute Gasteiger partial charge is 0.422 e. The minimum atomic E-state index is -4.40. The molecule has 0 aliphatic heterocycles. The van der Waals surface area contributed by atoms with Gasteiger partial charge in [0.1, 0.15) is 5.75 Å². The predicted molar refractivity (Wildman–Crippen MR) is 110 cm³/mol. The summed E-state index contributed by atoms with van der Waals surface area (Å²) < 4.78 is 42.4. The third kappa shape index (κ3) is 6.81. The summed E-state index contributed by atoms with van der Waals surface area (Å²) in [6.07, 6.45) is -0.728. The van der Waals surface area contributed by atoms with E-state index in [2.05, 4.69) is 15.6 Å². The molecule has 1 saturated carbocycles. The van der Waals surface area contributed by atoms with Crippen LogP contribution in [0.1, 0.15) is 38.2 Å². The number of rotatable bonds is 8. The predicted octanol–water partition coefficient (Wildman–Crippen LogP) is 3.33. The van der Waals surface area contributed by atoms with Crippen molar-refractivity contribution in [1.82, 2.24) is 15.5 Å². The minimum Gasteiger partial charge on any atom is -0.484 e. The number of carbonyl (C=O) groups is 1. The van der Waals surface area contributed by atoms with Gasteiger partial charge < -0.3 is 20.3 Å². The van der Waals surface area contributed by atoms with Crippen LogP contribution in [0.15, 0.2) is 29.3 Å². The highest BCUT2D eigenvalue weighted by atomic mass is 19.4. The molecule has 0 saturated heterocycles. The molecule has 2 rings (SSSR count). The van der Waals surface area contributed by atoms with Gasteiger partial charge in [-0.2, -0.15) is 13.2 Å². The lowest BCUT2D eigenvalue weighted by molar-refractivity contribution is -0.153. The van der Waals surface area contributed by atoms with Gasteiger partial charge in [-0.1, -0.05) is 31.0 Å². The number of ether oxygens (including phenoxy) is 1. The Hall–Kier alpha value is -2.45. The summed E-state index contributed by atoms with van der Waals surface area (Å²) in [6.45, 7) is 1.81. The van der Waals surface area contributed by atoms with Crippen molar-refractivity contribution in [2.24, 2.45) is 10.4 Å². The van der Waals surface area contributed by atoms with E-state index in [0.29, 0.717) is 24.6 Å². The molecule has 1 aromatic rings. The fraction of sp³-hybridized carbons (Fsp3) is 0.619. The minimum absolute atomic E-state index is 0.106. The molecule has 0 radical (unpaired) electrons. The van der Waals surface area contributed by atoms with Crippen molar-refractivity contribution in [2.75, 3.05) is 33.8 Å². The lowest BCUT2D eigenvalue weighted by atomic mass is 9.84. The van der Waals surface area contributed by atoms with Crippen molar-refractivity contribution < 1.29 is 22.7 Å². The van der Waals surface area contributed by atoms with Crippen LogP contribution >= 0.6 is 0 Å². The van der Waals surface area contributed by atoms with Crippen molar-refractivity contribution >= 4 is 11.9 Å². The highest BCUT2D eigenvalue weighted by Gasteiger charge is 2.42. The number of guanidine groups is 1. The quantitative estimate of drug-likeness (QED) is 0.492. The lowest BCUT2D eigenvalue weighted by Crippen LogP contribution is -2.49. The van der Waals surface area contributed by atoms with E-state index >= 15 is 0 Å². The van der Waals surface area contributed by atoms with Gasteiger partial charge in [-0.25, -0.2) is 4.99 Å². The second-order valence-corrected chi connectivity index (χ2v) is 7.75. The van der Waals surface area contributed by atoms with E-state index in [1.807, 2.05) is 6.92 Å². The van der Waals surface area contributed by atoms with Gasteiger partial charge in [0, 0.05) is 32.7 Å². The number of hydrogen-bond donors (Lipinski definition) is 2. The Kier molecular flexibility index (Phi) is 8.37. The number of nitrogens with zero attached hydrogens (tertiary/aromatic N) is 2. The van der Waals surface area contributed by atoms with Crippen molar-refractivity contribution in [3.63, 3.8) is 0 Å². The van der Waals surface area contributed by atoms with Crippen LogP contribution in [0, 0.1) is 5.41 Å². The summed E-state index contributed by atoms with van der Waals surface area (Å²) in [7, 11) is 3.53. The Morgan fingerprint density at radius 1 is 1.20 bits per heavy atom. The molecule has 30 heavy (non-hydrogen) atoms. The molecular formula is C21H31F3N4O2. The molecule has 0 atom stereocenters. The topological polar surface area (TPSA) is 66.0 Å². The van der Waals surface area contributed by atoms with Crippen LogP contribution in [0.5, 0.6) is 5.75 Å². The number of hydrogen-bond acceptors (Lipinski definition) is 3. The van der Waals surface area contributed by atoms with E-state index in [1.165, 1.54) is 6.07 Å². The van der Waals surface area contributed by atoms with E-state index in [9.17, 15) is 18.0 Å². The van der Waals surface area contributed by atoms with E-state index in [1.54, 1.807) is 37.2 Å². The molecular weight excluding hydrogens is 397 g/mol. The molecule has 168 valence electrons. The Morgan fingerprint density at radius 2 is 1.87 bits per heavy atom. The third-order valence-electron chi connectivity index (χ3n) is 5.13. The Bertz CT molecular complexity index is 729. The molecule has 2 N–H and O–H groups in total. The number of halogens is 3. The van der Waals surface area contributed by atoms with E-state index < -0.39 is 18.2 Å². The lowest BCUT2D eigenvalue weighted by Gasteiger charge is -2.31. The Morgan fingerprint density at radius 3 is 2.47 bits per heavy atom. The number of alkyl halides is 3. The van der Waals surface area contributed by atoms with Gasteiger partial charge >= 0.3 is 6.18 Å². The average molecular weight is 428 g/mol. The molecule has 0 heterocycles. The zero-order valence-electron chi connectivity index (χ0n) is 17.8. The van der Waals surface area contributed by atoms with Crippen molar-refractivity contribution in [1.29, 1.82) is 0 Å². The maximum atomic E-state index is 12.7. The highest BCUT2D eigenvalue weighted by molar-refractivity contribution is 5.85. The van der Waals surface area contributed by atoms with Crippen molar-refractivity contribution in [2.45, 2.75) is 45.3 Å². The zero-order chi connectivity index (χ0) is 22.2. The fourth-order valence-electron chi connectivity index (χ4n) is 3.69. The second-order valence-electron chi connectivity index (χ2n) is 7.75. The van der Waals surface area contributed by atoms with Gasteiger partial charge in [-0.3, -0.25) is 4.79 Å². The summed E-state index contributed by atoms with van der Waals surface area (Å²) in [6, 6.07) is 6.54. The SMILES string of the molecule is CCNC(=NCc1ccccc1OCC(F)(F)F)NCC1(C(=O)N(C)C)CCCC1. The van der Waals surface area contributed by atoms with Crippen LogP contribution < -0.4 is 15.4 Å². The first-order valence-corrected chi connectivity index (χ1v) is 10.2. The van der Waals surface area contributed by atoms with Crippen LogP contribution in [0.2, 0.25) is 0 Å². The molecule has 1 amide bonds. The van der Waals surface area contributed by atoms with E-state index in [0.717, 1.165) is 25.7 Å². The average Bonchev–Trinajstić information content (AvgIpc) is 3.18. The first-order chi connectivity index (χ1) is 14.2. The summed E-state index contributed by atoms with van der Waals surface area (Å²) >= 11 is 0. The van der Waals surface area contributed by atoms with Crippen LogP contribution in [-0.2, 0) is 11.3 Å². The number of aliphatic imine (C=N–C) groups is 1. The van der Waals surface area contributed by atoms with Gasteiger partial charge in [0.2, 0.25) is 5.91 Å². The summed E-state index contributed by atoms with van der Waals surface area (Å²) in [5.74, 6) is 0.777. The molecule has 1 fully saturated rings. The molecule has 0 spiro atoms. The molecule has 6 nitrogen and oxygen atoms in total. The van der Waals surface area contributed by atoms with E-state index in [-0.39, 0.29) is 18.2 Å². The van der Waals surface area contributed by atoms with Gasteiger partial charge in [-0.05, 0) is 25.8 Å². The molecule has 9 heteroatoms. The normalized spacial score (nSPS) is 16.3. The van der Waals surface area contributed by atoms with Gasteiger partial charge in [0.15, 0.2) is 12.6 Å². The van der Waals surface area contributed by atoms with Crippen LogP contribution in [0.4, 0.5) is 13.2 Å². The summed E-state index contributed by atoms with van der Waals surface area (Å²) in [4.78, 5) is 18.9. The van der Waals surface area contributed by atoms with Gasteiger partial charge in [-0.15, -0.1) is 0 Å². The van der Waals surface area contributed by atoms with E-state index in [4.69, 9.17) is 4.74 Å². The summed E-state index contributed by atoms with van der Waals surface area (Å²) in [5.41, 5.74) is 0.104. The first-order valence-electron chi connectivity index (χ1n) is 10.2. The standard InChI is InChI=1S/C21H31F3N4O2/c1-4-25-19(27-14-20(11-7-8-12-20)18(29)28(2)3)26-13-16-9-5-6-10-17(16)30-15-21(22,23)24/h5-6,9-10H,4,7-8,11-15H2,1-3H3,(H2,25,26,27). The number of para-hydroxylation sites is 1.